The standard InChI is InChI=1S/C16H22ClN5O3S/c1-4-5-26-15-18-13(17)10-14(19-15)22(21-20-10)9-6-8(7-23)11-12(9)25-16(2,3)24-11/h8-9,11-12,23H,4-7H2,1-3H3/t8-,9-,11+,12+/m0/s1. The van der Waals surface area contributed by atoms with Crippen molar-refractivity contribution in [3.8, 4) is 0 Å². The van der Waals surface area contributed by atoms with E-state index in [1.165, 1.54) is 0 Å². The first-order chi connectivity index (χ1) is 12.4. The molecule has 2 fully saturated rings. The molecule has 0 unspecified atom stereocenters. The second kappa shape index (κ2) is 6.87. The Labute approximate surface area is 160 Å². The minimum atomic E-state index is -0.688. The van der Waals surface area contributed by atoms with Gasteiger partial charge in [-0.1, -0.05) is 35.5 Å². The molecule has 26 heavy (non-hydrogen) atoms. The van der Waals surface area contributed by atoms with Gasteiger partial charge in [0, 0.05) is 18.3 Å². The van der Waals surface area contributed by atoms with Crippen molar-refractivity contribution >= 4 is 34.5 Å². The van der Waals surface area contributed by atoms with Crippen LogP contribution in [0.1, 0.15) is 39.7 Å². The van der Waals surface area contributed by atoms with E-state index in [9.17, 15) is 5.11 Å². The van der Waals surface area contributed by atoms with E-state index in [0.717, 1.165) is 12.2 Å². The summed E-state index contributed by atoms with van der Waals surface area (Å²) in [6.45, 7) is 5.91. The van der Waals surface area contributed by atoms with E-state index in [4.69, 9.17) is 21.1 Å². The van der Waals surface area contributed by atoms with Crippen LogP contribution in [-0.2, 0) is 9.47 Å². The van der Waals surface area contributed by atoms with Crippen molar-refractivity contribution in [2.75, 3.05) is 12.4 Å². The Morgan fingerprint density at radius 1 is 1.31 bits per heavy atom. The number of aliphatic hydroxyl groups excluding tert-OH is 1. The van der Waals surface area contributed by atoms with Gasteiger partial charge in [-0.3, -0.25) is 0 Å². The maximum atomic E-state index is 9.77. The number of halogens is 1. The van der Waals surface area contributed by atoms with Crippen LogP contribution in [0.4, 0.5) is 0 Å². The molecule has 1 saturated heterocycles. The molecule has 4 atom stereocenters. The fourth-order valence-corrected chi connectivity index (χ4v) is 4.68. The molecule has 0 aromatic carbocycles. The molecule has 2 aromatic rings. The van der Waals surface area contributed by atoms with Gasteiger partial charge in [-0.25, -0.2) is 14.6 Å². The van der Waals surface area contributed by atoms with E-state index >= 15 is 0 Å². The number of nitrogens with zero attached hydrogens (tertiary/aromatic N) is 5. The maximum Gasteiger partial charge on any atom is 0.191 e. The van der Waals surface area contributed by atoms with Crippen LogP contribution in [0, 0.1) is 5.92 Å². The van der Waals surface area contributed by atoms with Crippen LogP contribution in [0.2, 0.25) is 5.15 Å². The van der Waals surface area contributed by atoms with Gasteiger partial charge >= 0.3 is 0 Å². The molecule has 8 nitrogen and oxygen atoms in total. The first-order valence-corrected chi connectivity index (χ1v) is 10.2. The molecule has 1 saturated carbocycles. The number of ether oxygens (including phenoxy) is 2. The highest BCUT2D eigenvalue weighted by Crippen LogP contribution is 2.47. The monoisotopic (exact) mass is 399 g/mol. The van der Waals surface area contributed by atoms with E-state index < -0.39 is 5.79 Å². The third kappa shape index (κ3) is 3.09. The van der Waals surface area contributed by atoms with Crippen LogP contribution in [0.15, 0.2) is 5.16 Å². The fraction of sp³-hybridized carbons (Fsp3) is 0.750. The Balaban J connectivity index is 1.73. The second-order valence-corrected chi connectivity index (χ2v) is 8.58. The molecule has 0 bridgehead atoms. The van der Waals surface area contributed by atoms with Gasteiger partial charge in [0.1, 0.15) is 6.10 Å². The van der Waals surface area contributed by atoms with Crippen LogP contribution in [0.25, 0.3) is 11.2 Å². The third-order valence-electron chi connectivity index (χ3n) is 4.80. The minimum Gasteiger partial charge on any atom is -0.396 e. The number of aliphatic hydroxyl groups is 1. The van der Waals surface area contributed by atoms with Crippen molar-refractivity contribution in [3.05, 3.63) is 5.15 Å². The number of hydrogen-bond donors (Lipinski definition) is 1. The molecular formula is C16H22ClN5O3S. The maximum absolute atomic E-state index is 9.77. The summed E-state index contributed by atoms with van der Waals surface area (Å²) in [6, 6.07) is -0.126. The van der Waals surface area contributed by atoms with Gasteiger partial charge in [-0.05, 0) is 26.7 Å². The highest BCUT2D eigenvalue weighted by molar-refractivity contribution is 7.99. The Hall–Kier alpha value is -1.00. The molecule has 4 rings (SSSR count). The lowest BCUT2D eigenvalue weighted by Crippen LogP contribution is -2.28. The lowest BCUT2D eigenvalue weighted by Gasteiger charge is -2.23. The third-order valence-corrected chi connectivity index (χ3v) is 6.11. The fourth-order valence-electron chi connectivity index (χ4n) is 3.74. The highest BCUT2D eigenvalue weighted by Gasteiger charge is 2.55. The average molecular weight is 400 g/mol. The quantitative estimate of drug-likeness (QED) is 0.465. The zero-order chi connectivity index (χ0) is 18.5. The molecule has 1 aliphatic heterocycles. The summed E-state index contributed by atoms with van der Waals surface area (Å²) in [5.41, 5.74) is 1.08. The number of hydrogen-bond acceptors (Lipinski definition) is 8. The van der Waals surface area contributed by atoms with E-state index in [0.29, 0.717) is 27.9 Å². The first-order valence-electron chi connectivity index (χ1n) is 8.81. The van der Waals surface area contributed by atoms with Crippen molar-refractivity contribution in [2.45, 2.75) is 62.8 Å². The van der Waals surface area contributed by atoms with Crippen molar-refractivity contribution in [3.63, 3.8) is 0 Å². The molecule has 2 aromatic heterocycles. The normalized spacial score (nSPS) is 30.2. The van der Waals surface area contributed by atoms with E-state index in [1.807, 2.05) is 13.8 Å². The van der Waals surface area contributed by atoms with Crippen molar-refractivity contribution in [1.82, 2.24) is 25.0 Å². The summed E-state index contributed by atoms with van der Waals surface area (Å²) in [5.74, 6) is 0.208. The molecule has 2 aliphatic rings. The topological polar surface area (TPSA) is 95.2 Å². The molecule has 1 aliphatic carbocycles. The lowest BCUT2D eigenvalue weighted by atomic mass is 10.1. The van der Waals surface area contributed by atoms with Crippen molar-refractivity contribution in [2.24, 2.45) is 5.92 Å². The number of thioether (sulfide) groups is 1. The van der Waals surface area contributed by atoms with Gasteiger partial charge in [-0.2, -0.15) is 0 Å². The Morgan fingerprint density at radius 2 is 2.08 bits per heavy atom. The van der Waals surface area contributed by atoms with Gasteiger partial charge in [0.2, 0.25) is 0 Å². The molecule has 0 radical (unpaired) electrons. The van der Waals surface area contributed by atoms with E-state index in [-0.39, 0.29) is 30.8 Å². The average Bonchev–Trinajstić information content (AvgIpc) is 3.23. The number of rotatable bonds is 5. The Bertz CT molecular complexity index is 817. The van der Waals surface area contributed by atoms with E-state index in [2.05, 4.69) is 27.2 Å². The summed E-state index contributed by atoms with van der Waals surface area (Å²) in [6.07, 6.45) is 1.31. The van der Waals surface area contributed by atoms with Crippen LogP contribution in [0.5, 0.6) is 0 Å². The molecule has 3 heterocycles. The Kier molecular flexibility index (Phi) is 4.85. The van der Waals surface area contributed by atoms with Crippen LogP contribution < -0.4 is 0 Å². The zero-order valence-electron chi connectivity index (χ0n) is 14.9. The largest absolute Gasteiger partial charge is 0.396 e. The van der Waals surface area contributed by atoms with Gasteiger partial charge in [0.05, 0.1) is 12.1 Å². The van der Waals surface area contributed by atoms with Gasteiger partial charge in [-0.15, -0.1) is 5.10 Å². The van der Waals surface area contributed by atoms with Crippen LogP contribution in [-0.4, -0.2) is 60.4 Å². The number of aromatic nitrogens is 5. The molecule has 142 valence electrons. The summed E-state index contributed by atoms with van der Waals surface area (Å²) in [5, 5.41) is 19.1. The summed E-state index contributed by atoms with van der Waals surface area (Å²) in [4.78, 5) is 8.93. The van der Waals surface area contributed by atoms with Crippen molar-refractivity contribution < 1.29 is 14.6 Å². The van der Waals surface area contributed by atoms with Crippen LogP contribution >= 0.6 is 23.4 Å². The molecular weight excluding hydrogens is 378 g/mol. The summed E-state index contributed by atoms with van der Waals surface area (Å²) < 4.78 is 13.9. The zero-order valence-corrected chi connectivity index (χ0v) is 16.5. The molecule has 10 heteroatoms. The Morgan fingerprint density at radius 3 is 2.81 bits per heavy atom. The second-order valence-electron chi connectivity index (χ2n) is 7.16. The van der Waals surface area contributed by atoms with Gasteiger partial charge in [0.25, 0.3) is 0 Å². The van der Waals surface area contributed by atoms with E-state index in [1.54, 1.807) is 16.4 Å². The van der Waals surface area contributed by atoms with Crippen LogP contribution in [0.3, 0.4) is 0 Å². The SMILES string of the molecule is CCCSc1nc(Cl)c2nnn([C@H]3C[C@@H](CO)[C@H]4OC(C)(C)O[C@@H]43)c2n1. The van der Waals surface area contributed by atoms with Crippen molar-refractivity contribution in [1.29, 1.82) is 0 Å². The summed E-state index contributed by atoms with van der Waals surface area (Å²) >= 11 is 7.85. The predicted octanol–water partition coefficient (Wildman–Crippen LogP) is 2.45. The lowest BCUT2D eigenvalue weighted by molar-refractivity contribution is -0.162. The smallest absolute Gasteiger partial charge is 0.191 e. The highest BCUT2D eigenvalue weighted by atomic mass is 35.5. The predicted molar refractivity (Wildman–Crippen MR) is 97.2 cm³/mol. The van der Waals surface area contributed by atoms with Gasteiger partial charge < -0.3 is 14.6 Å². The molecule has 0 amide bonds. The minimum absolute atomic E-state index is 0.0164. The first kappa shape index (κ1) is 18.4. The summed E-state index contributed by atoms with van der Waals surface area (Å²) in [7, 11) is 0. The molecule has 1 N–H and O–H groups in total. The van der Waals surface area contributed by atoms with Gasteiger partial charge in [0.15, 0.2) is 27.3 Å². The molecule has 0 spiro atoms. The number of fused-ring (bicyclic) bond motifs is 2.